The molecular formula is C20H26N2O6S. The van der Waals surface area contributed by atoms with Crippen LogP contribution >= 0.6 is 12.2 Å². The molecule has 2 heterocycles. The molecule has 4 atom stereocenters. The molecule has 1 aromatic carbocycles. The number of aromatic amines is 1. The van der Waals surface area contributed by atoms with E-state index in [4.69, 9.17) is 21.7 Å². The van der Waals surface area contributed by atoms with E-state index in [2.05, 4.69) is 11.9 Å². The number of unbranched alkanes of at least 4 members (excludes halogenated alkanes) is 1. The number of ether oxygens (including phenoxy) is 2. The molecule has 1 aliphatic heterocycles. The summed E-state index contributed by atoms with van der Waals surface area (Å²) in [6.07, 6.45) is -0.665. The summed E-state index contributed by atoms with van der Waals surface area (Å²) < 4.78 is 12.6. The van der Waals surface area contributed by atoms with Crippen molar-refractivity contribution >= 4 is 12.2 Å². The normalized spacial score (nSPS) is 24.0. The first-order chi connectivity index (χ1) is 13.9. The summed E-state index contributed by atoms with van der Waals surface area (Å²) in [7, 11) is 0. The van der Waals surface area contributed by atoms with Gasteiger partial charge in [-0.3, -0.25) is 9.55 Å². The maximum atomic E-state index is 12.3. The van der Waals surface area contributed by atoms with Gasteiger partial charge in [-0.05, 0) is 24.1 Å². The summed E-state index contributed by atoms with van der Waals surface area (Å²) in [5.41, 5.74) is 1.07. The first-order valence-electron chi connectivity index (χ1n) is 9.63. The standard InChI is InChI=1S/C20H26N2O6S/c1-2-3-8-27-14-6-4-12(5-7-14)9-13-10-22(20(26)21-18(13)29)19-17(25)16(24)15(11-23)28-19/h4-7,10,15-17,19,23-25H,2-3,8-9,11H2,1H3,(H,21,26,29)/t15-,16-,17-,19-/m1/s1. The highest BCUT2D eigenvalue weighted by Crippen LogP contribution is 2.28. The van der Waals surface area contributed by atoms with Crippen LogP contribution in [0.15, 0.2) is 35.3 Å². The van der Waals surface area contributed by atoms with Gasteiger partial charge in [0.15, 0.2) is 6.23 Å². The van der Waals surface area contributed by atoms with Gasteiger partial charge in [0.2, 0.25) is 0 Å². The lowest BCUT2D eigenvalue weighted by atomic mass is 10.1. The molecule has 9 heteroatoms. The molecule has 0 aliphatic carbocycles. The molecule has 1 aromatic heterocycles. The first-order valence-corrected chi connectivity index (χ1v) is 10.0. The molecule has 4 N–H and O–H groups in total. The first kappa shape index (κ1) is 21.7. The van der Waals surface area contributed by atoms with E-state index in [1.165, 1.54) is 6.20 Å². The third-order valence-corrected chi connectivity index (χ3v) is 5.28. The average molecular weight is 423 g/mol. The lowest BCUT2D eigenvalue weighted by Crippen LogP contribution is -2.36. The third-order valence-electron chi connectivity index (χ3n) is 4.92. The molecule has 0 radical (unpaired) electrons. The summed E-state index contributed by atoms with van der Waals surface area (Å²) in [6.45, 7) is 2.32. The van der Waals surface area contributed by atoms with Gasteiger partial charge < -0.3 is 24.8 Å². The minimum Gasteiger partial charge on any atom is -0.494 e. The van der Waals surface area contributed by atoms with Gasteiger partial charge in [0, 0.05) is 18.2 Å². The number of aliphatic hydroxyl groups is 3. The van der Waals surface area contributed by atoms with Crippen LogP contribution in [0.2, 0.25) is 0 Å². The SMILES string of the molecule is CCCCOc1ccc(Cc2cn([C@@H]3O[C@H](CO)[C@@H](O)[C@H]3O)c(=O)[nH]c2=S)cc1. The second kappa shape index (κ2) is 9.64. The van der Waals surface area contributed by atoms with E-state index in [0.29, 0.717) is 23.2 Å². The van der Waals surface area contributed by atoms with Gasteiger partial charge in [-0.15, -0.1) is 0 Å². The van der Waals surface area contributed by atoms with Crippen LogP contribution in [0.5, 0.6) is 5.75 Å². The number of aromatic nitrogens is 2. The van der Waals surface area contributed by atoms with Crippen LogP contribution in [0.4, 0.5) is 0 Å². The van der Waals surface area contributed by atoms with Crippen LogP contribution in [0.1, 0.15) is 37.1 Å². The third kappa shape index (κ3) is 4.93. The van der Waals surface area contributed by atoms with Crippen LogP contribution in [0.25, 0.3) is 0 Å². The molecule has 0 saturated carbocycles. The molecule has 2 aromatic rings. The van der Waals surface area contributed by atoms with E-state index in [9.17, 15) is 20.1 Å². The number of H-pyrrole nitrogens is 1. The quantitative estimate of drug-likeness (QED) is 0.374. The second-order valence-corrected chi connectivity index (χ2v) is 7.48. The van der Waals surface area contributed by atoms with E-state index >= 15 is 0 Å². The van der Waals surface area contributed by atoms with Crippen molar-refractivity contribution in [1.29, 1.82) is 0 Å². The highest BCUT2D eigenvalue weighted by atomic mass is 32.1. The fourth-order valence-electron chi connectivity index (χ4n) is 3.21. The molecule has 1 fully saturated rings. The molecular weight excluding hydrogens is 396 g/mol. The van der Waals surface area contributed by atoms with Gasteiger partial charge in [-0.2, -0.15) is 0 Å². The summed E-state index contributed by atoms with van der Waals surface area (Å²) in [6, 6.07) is 7.63. The Hall–Kier alpha value is -2.04. The Morgan fingerprint density at radius 3 is 2.59 bits per heavy atom. The zero-order valence-electron chi connectivity index (χ0n) is 16.2. The summed E-state index contributed by atoms with van der Waals surface area (Å²) in [4.78, 5) is 14.9. The largest absolute Gasteiger partial charge is 0.494 e. The van der Waals surface area contributed by atoms with E-state index in [1.807, 2.05) is 24.3 Å². The van der Waals surface area contributed by atoms with Crippen LogP contribution in [0.3, 0.4) is 0 Å². The minimum atomic E-state index is -1.35. The van der Waals surface area contributed by atoms with Crippen molar-refractivity contribution in [2.45, 2.75) is 50.7 Å². The summed E-state index contributed by atoms with van der Waals surface area (Å²) in [5, 5.41) is 29.4. The molecule has 0 amide bonds. The topological polar surface area (TPSA) is 117 Å². The Kier molecular flexibility index (Phi) is 7.20. The predicted octanol–water partition coefficient (Wildman–Crippen LogP) is 1.29. The summed E-state index contributed by atoms with van der Waals surface area (Å²) >= 11 is 5.28. The van der Waals surface area contributed by atoms with Gasteiger partial charge in [0.05, 0.1) is 13.2 Å². The highest BCUT2D eigenvalue weighted by molar-refractivity contribution is 7.71. The summed E-state index contributed by atoms with van der Waals surface area (Å²) in [5.74, 6) is 0.795. The van der Waals surface area contributed by atoms with Gasteiger partial charge >= 0.3 is 5.69 Å². The van der Waals surface area contributed by atoms with E-state index in [-0.39, 0.29) is 0 Å². The van der Waals surface area contributed by atoms with Crippen molar-refractivity contribution in [3.63, 3.8) is 0 Å². The minimum absolute atomic E-state index is 0.293. The fourth-order valence-corrected chi connectivity index (χ4v) is 3.42. The van der Waals surface area contributed by atoms with E-state index < -0.39 is 36.8 Å². The molecule has 0 unspecified atom stereocenters. The number of nitrogens with zero attached hydrogens (tertiary/aromatic N) is 1. The van der Waals surface area contributed by atoms with Crippen molar-refractivity contribution in [3.8, 4) is 5.75 Å². The Labute approximate surface area is 173 Å². The van der Waals surface area contributed by atoms with Crippen molar-refractivity contribution in [3.05, 3.63) is 56.7 Å². The predicted molar refractivity (Wildman–Crippen MR) is 109 cm³/mol. The molecule has 8 nitrogen and oxygen atoms in total. The Bertz CT molecular complexity index is 926. The maximum absolute atomic E-state index is 12.3. The van der Waals surface area contributed by atoms with Gasteiger partial charge in [0.1, 0.15) is 28.7 Å². The maximum Gasteiger partial charge on any atom is 0.328 e. The Balaban J connectivity index is 1.80. The van der Waals surface area contributed by atoms with Crippen molar-refractivity contribution < 1.29 is 24.8 Å². The fraction of sp³-hybridized carbons (Fsp3) is 0.500. The monoisotopic (exact) mass is 422 g/mol. The second-order valence-electron chi connectivity index (χ2n) is 7.07. The van der Waals surface area contributed by atoms with E-state index in [0.717, 1.165) is 28.7 Å². The molecule has 158 valence electrons. The number of nitrogens with one attached hydrogen (secondary N) is 1. The zero-order valence-corrected chi connectivity index (χ0v) is 17.0. The highest BCUT2D eigenvalue weighted by Gasteiger charge is 2.43. The number of benzene rings is 1. The van der Waals surface area contributed by atoms with Crippen LogP contribution in [0, 0.1) is 4.64 Å². The molecule has 0 bridgehead atoms. The number of hydrogen-bond donors (Lipinski definition) is 4. The van der Waals surface area contributed by atoms with Gasteiger partial charge in [0.25, 0.3) is 0 Å². The lowest BCUT2D eigenvalue weighted by molar-refractivity contribution is -0.0551. The lowest BCUT2D eigenvalue weighted by Gasteiger charge is -2.18. The Morgan fingerprint density at radius 2 is 1.97 bits per heavy atom. The molecule has 0 spiro atoms. The number of aliphatic hydroxyl groups excluding tert-OH is 3. The van der Waals surface area contributed by atoms with E-state index in [1.54, 1.807) is 0 Å². The van der Waals surface area contributed by atoms with Gasteiger partial charge in [-0.25, -0.2) is 4.79 Å². The average Bonchev–Trinajstić information content (AvgIpc) is 3.00. The molecule has 1 saturated heterocycles. The Morgan fingerprint density at radius 1 is 1.24 bits per heavy atom. The molecule has 1 aliphatic rings. The van der Waals surface area contributed by atoms with Crippen molar-refractivity contribution in [2.75, 3.05) is 13.2 Å². The van der Waals surface area contributed by atoms with Crippen molar-refractivity contribution in [1.82, 2.24) is 9.55 Å². The smallest absolute Gasteiger partial charge is 0.328 e. The van der Waals surface area contributed by atoms with Crippen LogP contribution < -0.4 is 10.4 Å². The zero-order chi connectivity index (χ0) is 21.0. The number of hydrogen-bond acceptors (Lipinski definition) is 7. The number of rotatable bonds is 8. The van der Waals surface area contributed by atoms with Crippen LogP contribution in [-0.4, -0.2) is 56.4 Å². The molecule has 3 rings (SSSR count). The van der Waals surface area contributed by atoms with Crippen LogP contribution in [-0.2, 0) is 11.2 Å². The van der Waals surface area contributed by atoms with Gasteiger partial charge in [-0.1, -0.05) is 37.7 Å². The molecule has 29 heavy (non-hydrogen) atoms. The van der Waals surface area contributed by atoms with Crippen molar-refractivity contribution in [2.24, 2.45) is 0 Å².